The van der Waals surface area contributed by atoms with Crippen LogP contribution in [0.3, 0.4) is 0 Å². The Bertz CT molecular complexity index is 722. The van der Waals surface area contributed by atoms with Gasteiger partial charge in [-0.25, -0.2) is 9.78 Å². The number of nitrogens with zero attached hydrogens (tertiary/aromatic N) is 3. The summed E-state index contributed by atoms with van der Waals surface area (Å²) in [6, 6.07) is 8.18. The minimum atomic E-state index is -0.0461. The van der Waals surface area contributed by atoms with E-state index in [4.69, 9.17) is 11.6 Å². The van der Waals surface area contributed by atoms with Crippen molar-refractivity contribution in [2.75, 3.05) is 20.1 Å². The van der Waals surface area contributed by atoms with Crippen molar-refractivity contribution < 1.29 is 4.79 Å². The van der Waals surface area contributed by atoms with Crippen molar-refractivity contribution in [1.29, 1.82) is 0 Å². The summed E-state index contributed by atoms with van der Waals surface area (Å²) in [7, 11) is 1.79. The minimum Gasteiger partial charge on any atom is -0.345 e. The zero-order chi connectivity index (χ0) is 18.5. The van der Waals surface area contributed by atoms with E-state index >= 15 is 0 Å². The number of amides is 2. The van der Waals surface area contributed by atoms with Crippen LogP contribution in [0.5, 0.6) is 0 Å². The third kappa shape index (κ3) is 5.22. The molecule has 3 rings (SSSR count). The predicted molar refractivity (Wildman–Crippen MR) is 103 cm³/mol. The van der Waals surface area contributed by atoms with Gasteiger partial charge in [-0.1, -0.05) is 23.7 Å². The van der Waals surface area contributed by atoms with Crippen LogP contribution in [0.25, 0.3) is 0 Å². The van der Waals surface area contributed by atoms with Crippen molar-refractivity contribution in [1.82, 2.24) is 25.1 Å². The van der Waals surface area contributed by atoms with Crippen LogP contribution in [0.2, 0.25) is 5.02 Å². The van der Waals surface area contributed by atoms with Crippen LogP contribution in [0.4, 0.5) is 4.79 Å². The Labute approximate surface area is 159 Å². The number of carbonyl (C=O) groups excluding carboxylic acids is 1. The summed E-state index contributed by atoms with van der Waals surface area (Å²) in [5.74, 6) is 0.804. The van der Waals surface area contributed by atoms with Gasteiger partial charge in [0, 0.05) is 49.6 Å². The number of carbonyl (C=O) groups is 1. The van der Waals surface area contributed by atoms with Gasteiger partial charge in [0.15, 0.2) is 0 Å². The SMILES string of the molecule is Cc1cnc(CN(C)C(=O)NC2CCN(Cc3ccc(Cl)cc3)CC2)[nH]1. The molecule has 0 aliphatic carbocycles. The number of hydrogen-bond donors (Lipinski definition) is 2. The lowest BCUT2D eigenvalue weighted by molar-refractivity contribution is 0.172. The van der Waals surface area contributed by atoms with Crippen LogP contribution in [0, 0.1) is 6.92 Å². The third-order valence-corrected chi connectivity index (χ3v) is 4.98. The molecule has 0 bridgehead atoms. The van der Waals surface area contributed by atoms with Gasteiger partial charge in [0.25, 0.3) is 0 Å². The maximum atomic E-state index is 12.4. The maximum Gasteiger partial charge on any atom is 0.317 e. The Balaban J connectivity index is 1.41. The van der Waals surface area contributed by atoms with Gasteiger partial charge in [0.1, 0.15) is 5.82 Å². The lowest BCUT2D eigenvalue weighted by atomic mass is 10.0. The summed E-state index contributed by atoms with van der Waals surface area (Å²) in [4.78, 5) is 23.9. The van der Waals surface area contributed by atoms with E-state index in [0.29, 0.717) is 6.54 Å². The number of urea groups is 1. The van der Waals surface area contributed by atoms with Gasteiger partial charge in [0.05, 0.1) is 6.54 Å². The Kier molecular flexibility index (Phi) is 6.16. The number of imidazole rings is 1. The van der Waals surface area contributed by atoms with E-state index in [1.807, 2.05) is 19.1 Å². The lowest BCUT2D eigenvalue weighted by Gasteiger charge is -2.33. The van der Waals surface area contributed by atoms with Gasteiger partial charge in [-0.3, -0.25) is 4.90 Å². The molecule has 2 heterocycles. The maximum absolute atomic E-state index is 12.4. The van der Waals surface area contributed by atoms with Gasteiger partial charge in [-0.05, 0) is 37.5 Å². The Morgan fingerprint density at radius 1 is 1.35 bits per heavy atom. The number of aromatic nitrogens is 2. The van der Waals surface area contributed by atoms with Crippen molar-refractivity contribution in [3.8, 4) is 0 Å². The van der Waals surface area contributed by atoms with E-state index in [-0.39, 0.29) is 12.1 Å². The number of nitrogens with one attached hydrogen (secondary N) is 2. The van der Waals surface area contributed by atoms with Crippen molar-refractivity contribution in [2.45, 2.75) is 38.9 Å². The number of aromatic amines is 1. The van der Waals surface area contributed by atoms with E-state index in [1.54, 1.807) is 18.1 Å². The fraction of sp³-hybridized carbons (Fsp3) is 0.474. The van der Waals surface area contributed by atoms with Crippen LogP contribution < -0.4 is 5.32 Å². The first-order valence-electron chi connectivity index (χ1n) is 8.98. The molecule has 1 aromatic carbocycles. The van der Waals surface area contributed by atoms with E-state index in [0.717, 1.165) is 49.0 Å². The number of halogens is 1. The van der Waals surface area contributed by atoms with Crippen molar-refractivity contribution in [3.05, 3.63) is 52.6 Å². The molecule has 26 heavy (non-hydrogen) atoms. The zero-order valence-corrected chi connectivity index (χ0v) is 16.1. The first kappa shape index (κ1) is 18.7. The van der Waals surface area contributed by atoms with Gasteiger partial charge < -0.3 is 15.2 Å². The van der Waals surface area contributed by atoms with Crippen molar-refractivity contribution in [2.24, 2.45) is 0 Å². The molecule has 2 amide bonds. The molecule has 1 aliphatic rings. The predicted octanol–water partition coefficient (Wildman–Crippen LogP) is 3.18. The summed E-state index contributed by atoms with van der Waals surface area (Å²) in [5, 5.41) is 3.91. The number of H-pyrrole nitrogens is 1. The third-order valence-electron chi connectivity index (χ3n) is 4.72. The number of likely N-dealkylation sites (tertiary alicyclic amines) is 1. The molecule has 2 aromatic rings. The fourth-order valence-electron chi connectivity index (χ4n) is 3.21. The normalized spacial score (nSPS) is 15.8. The van der Waals surface area contributed by atoms with Crippen LogP contribution in [0.15, 0.2) is 30.5 Å². The molecule has 0 spiro atoms. The lowest BCUT2D eigenvalue weighted by Crippen LogP contribution is -2.48. The number of hydrogen-bond acceptors (Lipinski definition) is 3. The molecular weight excluding hydrogens is 350 g/mol. The molecule has 1 saturated heterocycles. The molecule has 0 unspecified atom stereocenters. The van der Waals surface area contributed by atoms with E-state index < -0.39 is 0 Å². The summed E-state index contributed by atoms with van der Waals surface area (Å²) < 4.78 is 0. The second kappa shape index (κ2) is 8.56. The molecule has 1 aliphatic heterocycles. The zero-order valence-electron chi connectivity index (χ0n) is 15.3. The molecule has 0 saturated carbocycles. The van der Waals surface area contributed by atoms with Crippen LogP contribution in [-0.4, -0.2) is 52.0 Å². The Hall–Kier alpha value is -2.05. The van der Waals surface area contributed by atoms with Crippen LogP contribution >= 0.6 is 11.6 Å². The average Bonchev–Trinajstić information content (AvgIpc) is 3.03. The number of piperidine rings is 1. The molecule has 7 heteroatoms. The van der Waals surface area contributed by atoms with E-state index in [2.05, 4.69) is 32.3 Å². The Morgan fingerprint density at radius 3 is 2.65 bits per heavy atom. The molecule has 1 fully saturated rings. The van der Waals surface area contributed by atoms with Gasteiger partial charge in [-0.2, -0.15) is 0 Å². The first-order chi connectivity index (χ1) is 12.5. The van der Waals surface area contributed by atoms with Gasteiger partial charge in [0.2, 0.25) is 0 Å². The van der Waals surface area contributed by atoms with E-state index in [1.165, 1.54) is 5.56 Å². The molecular formula is C19H26ClN5O. The van der Waals surface area contributed by atoms with E-state index in [9.17, 15) is 4.79 Å². The topological polar surface area (TPSA) is 64.3 Å². The summed E-state index contributed by atoms with van der Waals surface area (Å²) >= 11 is 5.94. The van der Waals surface area contributed by atoms with Crippen LogP contribution in [-0.2, 0) is 13.1 Å². The first-order valence-corrected chi connectivity index (χ1v) is 9.36. The second-order valence-electron chi connectivity index (χ2n) is 7.00. The summed E-state index contributed by atoms with van der Waals surface area (Å²) in [5.41, 5.74) is 2.27. The highest BCUT2D eigenvalue weighted by molar-refractivity contribution is 6.30. The largest absolute Gasteiger partial charge is 0.345 e. The molecule has 0 radical (unpaired) electrons. The van der Waals surface area contributed by atoms with Gasteiger partial charge in [-0.15, -0.1) is 0 Å². The smallest absolute Gasteiger partial charge is 0.317 e. The monoisotopic (exact) mass is 375 g/mol. The number of aryl methyl sites for hydroxylation is 1. The van der Waals surface area contributed by atoms with Crippen LogP contribution in [0.1, 0.15) is 29.9 Å². The second-order valence-corrected chi connectivity index (χ2v) is 7.43. The van der Waals surface area contributed by atoms with Gasteiger partial charge >= 0.3 is 6.03 Å². The molecule has 140 valence electrons. The number of rotatable bonds is 5. The standard InChI is InChI=1S/C19H26ClN5O/c1-14-11-21-18(22-14)13-24(2)19(26)23-17-7-9-25(10-8-17)12-15-3-5-16(20)6-4-15/h3-6,11,17H,7-10,12-13H2,1-2H3,(H,21,22)(H,23,26). The van der Waals surface area contributed by atoms with Crippen molar-refractivity contribution in [3.63, 3.8) is 0 Å². The quantitative estimate of drug-likeness (QED) is 0.843. The summed E-state index contributed by atoms with van der Waals surface area (Å²) in [6.07, 6.45) is 3.71. The number of benzene rings is 1. The Morgan fingerprint density at radius 2 is 2.04 bits per heavy atom. The molecule has 1 aromatic heterocycles. The molecule has 0 atom stereocenters. The highest BCUT2D eigenvalue weighted by atomic mass is 35.5. The fourth-order valence-corrected chi connectivity index (χ4v) is 3.34. The summed E-state index contributed by atoms with van der Waals surface area (Å²) in [6.45, 7) is 5.32. The highest BCUT2D eigenvalue weighted by Crippen LogP contribution is 2.16. The van der Waals surface area contributed by atoms with Crippen molar-refractivity contribution >= 4 is 17.6 Å². The average molecular weight is 376 g/mol. The highest BCUT2D eigenvalue weighted by Gasteiger charge is 2.22. The molecule has 6 nitrogen and oxygen atoms in total. The molecule has 2 N–H and O–H groups in total. The minimum absolute atomic E-state index is 0.0461.